The number of carbonyl (C=O) groups is 1. The third-order valence-corrected chi connectivity index (χ3v) is 4.07. The molecular formula is C15H20N6O. The number of tetrazole rings is 1. The normalized spacial score (nSPS) is 16.0. The highest BCUT2D eigenvalue weighted by Crippen LogP contribution is 2.12. The lowest BCUT2D eigenvalue weighted by Gasteiger charge is -2.35. The molecule has 0 bridgehead atoms. The maximum Gasteiger partial charge on any atom is 0.244 e. The van der Waals surface area contributed by atoms with E-state index in [0.717, 1.165) is 32.7 Å². The fraction of sp³-hybridized carbons (Fsp3) is 0.467. The van der Waals surface area contributed by atoms with Crippen LogP contribution in [-0.2, 0) is 17.9 Å². The summed E-state index contributed by atoms with van der Waals surface area (Å²) in [5.41, 5.74) is 2.68. The Balaban J connectivity index is 1.50. The van der Waals surface area contributed by atoms with Crippen LogP contribution in [0.25, 0.3) is 0 Å². The van der Waals surface area contributed by atoms with Gasteiger partial charge in [0.1, 0.15) is 12.9 Å². The first kappa shape index (κ1) is 14.6. The van der Waals surface area contributed by atoms with E-state index in [0.29, 0.717) is 0 Å². The van der Waals surface area contributed by atoms with E-state index in [-0.39, 0.29) is 12.5 Å². The van der Waals surface area contributed by atoms with Gasteiger partial charge in [0.2, 0.25) is 5.91 Å². The lowest BCUT2D eigenvalue weighted by atomic mass is 10.1. The van der Waals surface area contributed by atoms with E-state index >= 15 is 0 Å². The molecule has 7 nitrogen and oxygen atoms in total. The van der Waals surface area contributed by atoms with Crippen LogP contribution < -0.4 is 0 Å². The predicted octanol–water partition coefficient (Wildman–Crippen LogP) is 0.326. The van der Waals surface area contributed by atoms with E-state index < -0.39 is 0 Å². The van der Waals surface area contributed by atoms with Crippen molar-refractivity contribution in [2.75, 3.05) is 26.2 Å². The zero-order chi connectivity index (χ0) is 15.4. The van der Waals surface area contributed by atoms with Crippen molar-refractivity contribution in [2.24, 2.45) is 0 Å². The summed E-state index contributed by atoms with van der Waals surface area (Å²) in [5.74, 6) is 0.0721. The van der Waals surface area contributed by atoms with Crippen LogP contribution in [0.4, 0.5) is 0 Å². The Morgan fingerprint density at radius 3 is 2.64 bits per heavy atom. The molecule has 0 aliphatic carbocycles. The molecule has 1 saturated heterocycles. The number of carbonyl (C=O) groups excluding carboxylic acids is 1. The third kappa shape index (κ3) is 3.48. The van der Waals surface area contributed by atoms with E-state index in [2.05, 4.69) is 51.6 Å². The number of hydrogen-bond donors (Lipinski definition) is 0. The first-order chi connectivity index (χ1) is 10.7. The average Bonchev–Trinajstić information content (AvgIpc) is 3.03. The van der Waals surface area contributed by atoms with Gasteiger partial charge in [0.25, 0.3) is 0 Å². The van der Waals surface area contributed by atoms with Crippen LogP contribution in [0.2, 0.25) is 0 Å². The lowest BCUT2D eigenvalue weighted by Crippen LogP contribution is -2.49. The number of hydrogen-bond acceptors (Lipinski definition) is 5. The second kappa shape index (κ2) is 6.65. The van der Waals surface area contributed by atoms with Gasteiger partial charge >= 0.3 is 0 Å². The summed E-state index contributed by atoms with van der Waals surface area (Å²) in [7, 11) is 0. The minimum atomic E-state index is 0.0721. The number of aromatic nitrogens is 4. The summed E-state index contributed by atoms with van der Waals surface area (Å²) in [6.07, 6.45) is 1.46. The maximum absolute atomic E-state index is 12.2. The van der Waals surface area contributed by atoms with E-state index in [4.69, 9.17) is 0 Å². The van der Waals surface area contributed by atoms with Crippen molar-refractivity contribution in [3.8, 4) is 0 Å². The smallest absolute Gasteiger partial charge is 0.244 e. The van der Waals surface area contributed by atoms with Crippen molar-refractivity contribution in [2.45, 2.75) is 20.0 Å². The van der Waals surface area contributed by atoms with Crippen molar-refractivity contribution in [1.82, 2.24) is 30.0 Å². The highest BCUT2D eigenvalue weighted by molar-refractivity contribution is 5.75. The molecule has 1 aliphatic rings. The molecule has 1 aliphatic heterocycles. The summed E-state index contributed by atoms with van der Waals surface area (Å²) in [4.78, 5) is 16.5. The van der Waals surface area contributed by atoms with Crippen molar-refractivity contribution >= 4 is 5.91 Å². The Morgan fingerprint density at radius 1 is 1.18 bits per heavy atom. The standard InChI is InChI=1S/C15H20N6O/c1-13-4-2-3-5-14(13)10-19-6-8-20(9-7-19)15(22)11-21-12-16-17-18-21/h2-5,12H,6-11H2,1H3. The largest absolute Gasteiger partial charge is 0.339 e. The van der Waals surface area contributed by atoms with Crippen molar-refractivity contribution < 1.29 is 4.79 Å². The Morgan fingerprint density at radius 2 is 1.95 bits per heavy atom. The highest BCUT2D eigenvalue weighted by atomic mass is 16.2. The van der Waals surface area contributed by atoms with Crippen LogP contribution in [0.1, 0.15) is 11.1 Å². The number of piperazine rings is 1. The fourth-order valence-electron chi connectivity index (χ4n) is 2.68. The first-order valence-electron chi connectivity index (χ1n) is 7.48. The highest BCUT2D eigenvalue weighted by Gasteiger charge is 2.21. The zero-order valence-corrected chi connectivity index (χ0v) is 12.7. The van der Waals surface area contributed by atoms with Gasteiger partial charge in [-0.25, -0.2) is 4.68 Å². The molecule has 7 heteroatoms. The van der Waals surface area contributed by atoms with Crippen LogP contribution in [0.3, 0.4) is 0 Å². The summed E-state index contributed by atoms with van der Waals surface area (Å²) in [5, 5.41) is 10.8. The van der Waals surface area contributed by atoms with Gasteiger partial charge in [-0.2, -0.15) is 0 Å². The number of benzene rings is 1. The Bertz CT molecular complexity index is 619. The molecule has 1 aromatic heterocycles. The molecule has 0 saturated carbocycles. The summed E-state index contributed by atoms with van der Waals surface area (Å²) in [6, 6.07) is 8.45. The van der Waals surface area contributed by atoms with Gasteiger partial charge in [-0.05, 0) is 28.5 Å². The van der Waals surface area contributed by atoms with E-state index in [9.17, 15) is 4.79 Å². The van der Waals surface area contributed by atoms with E-state index in [1.165, 1.54) is 22.1 Å². The molecule has 1 aromatic carbocycles. The lowest BCUT2D eigenvalue weighted by molar-refractivity contribution is -0.133. The van der Waals surface area contributed by atoms with Crippen LogP contribution >= 0.6 is 0 Å². The molecule has 0 atom stereocenters. The molecule has 2 aromatic rings. The van der Waals surface area contributed by atoms with Crippen LogP contribution in [0.15, 0.2) is 30.6 Å². The minimum absolute atomic E-state index is 0.0721. The second-order valence-corrected chi connectivity index (χ2v) is 5.59. The molecule has 22 heavy (non-hydrogen) atoms. The van der Waals surface area contributed by atoms with Gasteiger partial charge in [-0.15, -0.1) is 5.10 Å². The molecule has 0 N–H and O–H groups in total. The molecular weight excluding hydrogens is 280 g/mol. The number of aryl methyl sites for hydroxylation is 1. The minimum Gasteiger partial charge on any atom is -0.339 e. The molecule has 0 spiro atoms. The number of nitrogens with zero attached hydrogens (tertiary/aromatic N) is 6. The molecule has 1 amide bonds. The quantitative estimate of drug-likeness (QED) is 0.814. The average molecular weight is 300 g/mol. The molecule has 2 heterocycles. The van der Waals surface area contributed by atoms with E-state index in [1.54, 1.807) is 0 Å². The van der Waals surface area contributed by atoms with Crippen LogP contribution in [-0.4, -0.2) is 62.1 Å². The molecule has 3 rings (SSSR count). The van der Waals surface area contributed by atoms with Gasteiger partial charge in [-0.1, -0.05) is 24.3 Å². The van der Waals surface area contributed by atoms with Gasteiger partial charge < -0.3 is 4.90 Å². The topological polar surface area (TPSA) is 67.2 Å². The molecule has 0 radical (unpaired) electrons. The second-order valence-electron chi connectivity index (χ2n) is 5.59. The Kier molecular flexibility index (Phi) is 4.43. The predicted molar refractivity (Wildman–Crippen MR) is 80.9 cm³/mol. The van der Waals surface area contributed by atoms with Gasteiger partial charge in [0.15, 0.2) is 0 Å². The molecule has 0 unspecified atom stereocenters. The Hall–Kier alpha value is -2.28. The van der Waals surface area contributed by atoms with Crippen molar-refractivity contribution in [3.63, 3.8) is 0 Å². The SMILES string of the molecule is Cc1ccccc1CN1CCN(C(=O)Cn2cnnn2)CC1. The van der Waals surface area contributed by atoms with Crippen LogP contribution in [0.5, 0.6) is 0 Å². The van der Waals surface area contributed by atoms with Crippen LogP contribution in [0, 0.1) is 6.92 Å². The third-order valence-electron chi connectivity index (χ3n) is 4.07. The number of rotatable bonds is 4. The van der Waals surface area contributed by atoms with E-state index in [1.807, 2.05) is 4.90 Å². The summed E-state index contributed by atoms with van der Waals surface area (Å²) in [6.45, 7) is 6.61. The number of amides is 1. The Labute approximate surface area is 129 Å². The van der Waals surface area contributed by atoms with Crippen molar-refractivity contribution in [3.05, 3.63) is 41.7 Å². The zero-order valence-electron chi connectivity index (χ0n) is 12.7. The van der Waals surface area contributed by atoms with Gasteiger partial charge in [-0.3, -0.25) is 9.69 Å². The van der Waals surface area contributed by atoms with Crippen molar-refractivity contribution in [1.29, 1.82) is 0 Å². The first-order valence-corrected chi connectivity index (χ1v) is 7.48. The molecule has 1 fully saturated rings. The monoisotopic (exact) mass is 300 g/mol. The van der Waals surface area contributed by atoms with Gasteiger partial charge in [0.05, 0.1) is 0 Å². The fourth-order valence-corrected chi connectivity index (χ4v) is 2.68. The maximum atomic E-state index is 12.2. The summed E-state index contributed by atoms with van der Waals surface area (Å²) < 4.78 is 1.46. The van der Waals surface area contributed by atoms with Gasteiger partial charge in [0, 0.05) is 32.7 Å². The summed E-state index contributed by atoms with van der Waals surface area (Å²) >= 11 is 0. The molecule has 116 valence electrons.